The molecule has 0 saturated carbocycles. The van der Waals surface area contributed by atoms with Gasteiger partial charge in [-0.05, 0) is 68.6 Å². The molecule has 2 aliphatic heterocycles. The lowest BCUT2D eigenvalue weighted by Crippen LogP contribution is -2.30. The molecule has 1 amide bonds. The average Bonchev–Trinajstić information content (AvgIpc) is 3.97. The largest absolute Gasteiger partial charge is 0.478 e. The molecule has 2 unspecified atom stereocenters. The highest BCUT2D eigenvalue weighted by Crippen LogP contribution is 2.34. The molecule has 8 rings (SSSR count). The van der Waals surface area contributed by atoms with Crippen molar-refractivity contribution in [1.29, 1.82) is 0 Å². The second-order valence-electron chi connectivity index (χ2n) is 11.0. The first-order chi connectivity index (χ1) is 23.1. The number of carbonyl (C=O) groups is 2. The quantitative estimate of drug-likeness (QED) is 0.151. The maximum atomic E-state index is 12.9. The predicted octanol–water partition coefficient (Wildman–Crippen LogP) is 6.85. The summed E-state index contributed by atoms with van der Waals surface area (Å²) in [6.07, 6.45) is 15.2. The van der Waals surface area contributed by atoms with Gasteiger partial charge in [-0.15, -0.1) is 22.7 Å². The number of hydrogen-bond donors (Lipinski definition) is 4. The Labute approximate surface area is 279 Å². The number of rotatable bonds is 6. The molecule has 2 saturated heterocycles. The third kappa shape index (κ3) is 8.06. The molecule has 47 heavy (non-hydrogen) atoms. The second kappa shape index (κ2) is 15.5. The van der Waals surface area contributed by atoms with Gasteiger partial charge >= 0.3 is 5.97 Å². The fourth-order valence-corrected chi connectivity index (χ4v) is 7.28. The summed E-state index contributed by atoms with van der Waals surface area (Å²) in [6.45, 7) is 1.93. The van der Waals surface area contributed by atoms with Gasteiger partial charge in [-0.25, -0.2) is 4.79 Å². The van der Waals surface area contributed by atoms with Crippen molar-refractivity contribution in [1.82, 2.24) is 40.6 Å². The minimum absolute atomic E-state index is 0.0842. The molecule has 6 aromatic heterocycles. The Morgan fingerprint density at radius 3 is 1.98 bits per heavy atom. The lowest BCUT2D eigenvalue weighted by molar-refractivity contribution is 0.0695. The van der Waals surface area contributed by atoms with Gasteiger partial charge in [-0.1, -0.05) is 12.1 Å². The Hall–Kier alpha value is -4.98. The molecule has 13 heteroatoms. The fraction of sp³-hybridized carbons (Fsp3) is 0.235. The molecule has 11 nitrogen and oxygen atoms in total. The summed E-state index contributed by atoms with van der Waals surface area (Å²) >= 11 is 2.96. The number of H-pyrrole nitrogens is 2. The number of carbonyl (C=O) groups excluding carboxylic acids is 1. The number of aromatic carboxylic acids is 1. The van der Waals surface area contributed by atoms with E-state index < -0.39 is 5.97 Å². The van der Waals surface area contributed by atoms with Crippen molar-refractivity contribution in [3.63, 3.8) is 0 Å². The van der Waals surface area contributed by atoms with Crippen LogP contribution in [0.2, 0.25) is 0 Å². The third-order valence-electron chi connectivity index (χ3n) is 7.91. The fourth-order valence-electron chi connectivity index (χ4n) is 5.55. The SMILES string of the molecule is O=C(O)c1csc(-c2cn[nH]c2)c1.O=C(c1csc(-c2cn[nH]c2)c1)N1CCCC1c1ccccn1.c1ccc(C2CCCN2)nc1. The maximum Gasteiger partial charge on any atom is 0.336 e. The smallest absolute Gasteiger partial charge is 0.336 e. The van der Waals surface area contributed by atoms with Crippen molar-refractivity contribution >= 4 is 34.6 Å². The zero-order valence-electron chi connectivity index (χ0n) is 25.5. The van der Waals surface area contributed by atoms with Crippen molar-refractivity contribution in [2.75, 3.05) is 13.1 Å². The maximum absolute atomic E-state index is 12.9. The van der Waals surface area contributed by atoms with Gasteiger partial charge in [0, 0.05) is 69.0 Å². The molecule has 6 aromatic rings. The van der Waals surface area contributed by atoms with Crippen LogP contribution in [0.1, 0.15) is 69.9 Å². The highest BCUT2D eigenvalue weighted by molar-refractivity contribution is 7.14. The van der Waals surface area contributed by atoms with Crippen LogP contribution < -0.4 is 5.32 Å². The van der Waals surface area contributed by atoms with E-state index in [1.807, 2.05) is 59.1 Å². The number of hydrogen-bond acceptors (Lipinski definition) is 9. The number of likely N-dealkylation sites (tertiary alicyclic amines) is 1. The second-order valence-corrected chi connectivity index (χ2v) is 12.8. The normalized spacial score (nSPS) is 17.0. The summed E-state index contributed by atoms with van der Waals surface area (Å²) in [5, 5.41) is 28.9. The van der Waals surface area contributed by atoms with E-state index in [0.717, 1.165) is 58.1 Å². The molecule has 0 aliphatic carbocycles. The minimum atomic E-state index is -0.897. The van der Waals surface area contributed by atoms with E-state index in [1.165, 1.54) is 29.9 Å². The number of amides is 1. The average molecular weight is 667 g/mol. The van der Waals surface area contributed by atoms with Crippen LogP contribution in [-0.4, -0.2) is 65.3 Å². The highest BCUT2D eigenvalue weighted by atomic mass is 32.1. The van der Waals surface area contributed by atoms with Gasteiger partial charge in [0.1, 0.15) is 0 Å². The number of nitrogens with zero attached hydrogens (tertiary/aromatic N) is 5. The molecule has 0 spiro atoms. The number of carboxylic acid groups (broad SMARTS) is 1. The van der Waals surface area contributed by atoms with Crippen LogP contribution in [0.15, 0.2) is 96.5 Å². The van der Waals surface area contributed by atoms with E-state index in [2.05, 4.69) is 41.7 Å². The Morgan fingerprint density at radius 1 is 0.809 bits per heavy atom. The zero-order chi connectivity index (χ0) is 32.4. The molecule has 2 aliphatic rings. The van der Waals surface area contributed by atoms with Crippen LogP contribution in [0.4, 0.5) is 0 Å². The first kappa shape index (κ1) is 32.0. The Balaban J connectivity index is 0.000000136. The van der Waals surface area contributed by atoms with Crippen molar-refractivity contribution in [3.8, 4) is 20.9 Å². The predicted molar refractivity (Wildman–Crippen MR) is 182 cm³/mol. The Morgan fingerprint density at radius 2 is 1.45 bits per heavy atom. The van der Waals surface area contributed by atoms with E-state index >= 15 is 0 Å². The molecule has 2 atom stereocenters. The molecular formula is C34H34N8O3S2. The van der Waals surface area contributed by atoms with Gasteiger partial charge < -0.3 is 15.3 Å². The van der Waals surface area contributed by atoms with E-state index in [0.29, 0.717) is 11.6 Å². The van der Waals surface area contributed by atoms with Crippen LogP contribution in [-0.2, 0) is 0 Å². The van der Waals surface area contributed by atoms with Crippen molar-refractivity contribution in [2.45, 2.75) is 37.8 Å². The van der Waals surface area contributed by atoms with Gasteiger partial charge in [0.15, 0.2) is 0 Å². The summed E-state index contributed by atoms with van der Waals surface area (Å²) in [6, 6.07) is 16.1. The van der Waals surface area contributed by atoms with Gasteiger partial charge in [-0.2, -0.15) is 10.2 Å². The summed E-state index contributed by atoms with van der Waals surface area (Å²) in [7, 11) is 0. The van der Waals surface area contributed by atoms with Gasteiger partial charge in [0.05, 0.1) is 41.0 Å². The molecule has 0 aromatic carbocycles. The molecule has 0 bridgehead atoms. The van der Waals surface area contributed by atoms with Crippen molar-refractivity contribution in [2.24, 2.45) is 0 Å². The number of thiophene rings is 2. The lowest BCUT2D eigenvalue weighted by Gasteiger charge is -2.23. The molecule has 0 radical (unpaired) electrons. The van der Waals surface area contributed by atoms with Crippen LogP contribution in [0.25, 0.3) is 20.9 Å². The van der Waals surface area contributed by atoms with E-state index in [4.69, 9.17) is 5.11 Å². The van der Waals surface area contributed by atoms with E-state index in [9.17, 15) is 9.59 Å². The number of nitrogens with one attached hydrogen (secondary N) is 3. The lowest BCUT2D eigenvalue weighted by atomic mass is 10.1. The summed E-state index contributed by atoms with van der Waals surface area (Å²) in [5.74, 6) is -0.810. The highest BCUT2D eigenvalue weighted by Gasteiger charge is 2.31. The third-order valence-corrected chi connectivity index (χ3v) is 9.86. The summed E-state index contributed by atoms with van der Waals surface area (Å²) in [4.78, 5) is 36.1. The monoisotopic (exact) mass is 666 g/mol. The Bertz CT molecular complexity index is 1830. The standard InChI is InChI=1S/C17H16N4OS.C9H12N2.C8H6N2O2S/c22-17(12-8-16(23-11-12)13-9-19-20-10-13)21-7-3-5-15(21)14-4-1-2-6-18-14;1-2-6-10-8(4-1)9-5-3-7-11-9;11-8(12)5-1-7(13-4-5)6-2-9-10-3-6/h1-2,4,6,8-11,15H,3,5,7H2,(H,19,20);1-2,4,6,9,11H,3,5,7H2;1-4H,(H,9,10)(H,11,12). The Kier molecular flexibility index (Phi) is 10.6. The number of aromatic amines is 2. The molecular weight excluding hydrogens is 633 g/mol. The molecule has 8 heterocycles. The topological polar surface area (TPSA) is 153 Å². The summed E-state index contributed by atoms with van der Waals surface area (Å²) in [5.41, 5.74) is 5.15. The summed E-state index contributed by atoms with van der Waals surface area (Å²) < 4.78 is 0. The van der Waals surface area contributed by atoms with Gasteiger partial charge in [0.25, 0.3) is 5.91 Å². The minimum Gasteiger partial charge on any atom is -0.478 e. The number of pyridine rings is 2. The van der Waals surface area contributed by atoms with Gasteiger partial charge in [-0.3, -0.25) is 25.0 Å². The molecule has 2 fully saturated rings. The first-order valence-electron chi connectivity index (χ1n) is 15.3. The molecule has 240 valence electrons. The van der Waals surface area contributed by atoms with Crippen molar-refractivity contribution < 1.29 is 14.7 Å². The van der Waals surface area contributed by atoms with Gasteiger partial charge in [0.2, 0.25) is 0 Å². The van der Waals surface area contributed by atoms with Crippen molar-refractivity contribution in [3.05, 3.63) is 119 Å². The first-order valence-corrected chi connectivity index (χ1v) is 17.1. The van der Waals surface area contributed by atoms with Crippen LogP contribution >= 0.6 is 22.7 Å². The number of carboxylic acids is 1. The number of aromatic nitrogens is 6. The molecule has 4 N–H and O–H groups in total. The van der Waals surface area contributed by atoms with Crippen LogP contribution in [0, 0.1) is 0 Å². The van der Waals surface area contributed by atoms with E-state index in [1.54, 1.807) is 47.6 Å². The van der Waals surface area contributed by atoms with E-state index in [-0.39, 0.29) is 11.9 Å². The van der Waals surface area contributed by atoms with Crippen LogP contribution in [0.5, 0.6) is 0 Å². The van der Waals surface area contributed by atoms with Crippen LogP contribution in [0.3, 0.4) is 0 Å². The zero-order valence-corrected chi connectivity index (χ0v) is 27.1.